The van der Waals surface area contributed by atoms with E-state index in [0.29, 0.717) is 12.6 Å². The molecule has 0 atom stereocenters. The van der Waals surface area contributed by atoms with Crippen LogP contribution in [0.15, 0.2) is 18.2 Å². The van der Waals surface area contributed by atoms with Crippen LogP contribution in [0.4, 0.5) is 10.1 Å². The SMILES string of the molecule is Cc1cc(F)cc(NC2CCN(CC(=O)N(C)C)CC2)c1. The zero-order valence-electron chi connectivity index (χ0n) is 13.0. The summed E-state index contributed by atoms with van der Waals surface area (Å²) >= 11 is 0. The van der Waals surface area contributed by atoms with Crippen LogP contribution in [0.25, 0.3) is 0 Å². The van der Waals surface area contributed by atoms with Crippen molar-refractivity contribution in [3.8, 4) is 0 Å². The molecule has 0 spiro atoms. The summed E-state index contributed by atoms with van der Waals surface area (Å²) in [5, 5.41) is 3.40. The molecule has 4 nitrogen and oxygen atoms in total. The molecule has 1 heterocycles. The number of rotatable bonds is 4. The minimum absolute atomic E-state index is 0.141. The summed E-state index contributed by atoms with van der Waals surface area (Å²) < 4.78 is 13.4. The molecule has 5 heteroatoms. The van der Waals surface area contributed by atoms with Gasteiger partial charge >= 0.3 is 0 Å². The number of anilines is 1. The molecule has 21 heavy (non-hydrogen) atoms. The number of carbonyl (C=O) groups excluding carboxylic acids is 1. The van der Waals surface area contributed by atoms with Crippen LogP contribution in [0.3, 0.4) is 0 Å². The fourth-order valence-corrected chi connectivity index (χ4v) is 2.62. The number of nitrogens with zero attached hydrogens (tertiary/aromatic N) is 2. The quantitative estimate of drug-likeness (QED) is 0.923. The van der Waals surface area contributed by atoms with Crippen molar-refractivity contribution >= 4 is 11.6 Å². The van der Waals surface area contributed by atoms with Gasteiger partial charge < -0.3 is 10.2 Å². The van der Waals surface area contributed by atoms with Gasteiger partial charge in [-0.15, -0.1) is 0 Å². The number of halogens is 1. The molecule has 1 aromatic carbocycles. The van der Waals surface area contributed by atoms with Crippen LogP contribution >= 0.6 is 0 Å². The van der Waals surface area contributed by atoms with Gasteiger partial charge in [0, 0.05) is 38.9 Å². The van der Waals surface area contributed by atoms with Gasteiger partial charge in [0.25, 0.3) is 0 Å². The van der Waals surface area contributed by atoms with E-state index in [9.17, 15) is 9.18 Å². The van der Waals surface area contributed by atoms with E-state index in [2.05, 4.69) is 10.2 Å². The molecule has 1 aliphatic rings. The average Bonchev–Trinajstić information content (AvgIpc) is 2.39. The Kier molecular flexibility index (Phi) is 5.17. The number of nitrogens with one attached hydrogen (secondary N) is 1. The number of aryl methyl sites for hydroxylation is 1. The first kappa shape index (κ1) is 15.8. The standard InChI is InChI=1S/C16H24FN3O/c1-12-8-13(17)10-15(9-12)18-14-4-6-20(7-5-14)11-16(21)19(2)3/h8-10,14,18H,4-7,11H2,1-3H3. The molecule has 1 fully saturated rings. The third-order valence-corrected chi connectivity index (χ3v) is 3.86. The van der Waals surface area contributed by atoms with Crippen molar-refractivity contribution in [3.05, 3.63) is 29.6 Å². The predicted molar refractivity (Wildman–Crippen MR) is 82.9 cm³/mol. The Bertz CT molecular complexity index is 476. The first-order chi connectivity index (χ1) is 9.94. The maximum absolute atomic E-state index is 13.4. The minimum atomic E-state index is -0.202. The highest BCUT2D eigenvalue weighted by molar-refractivity contribution is 5.77. The number of benzene rings is 1. The molecule has 0 radical (unpaired) electrons. The lowest BCUT2D eigenvalue weighted by molar-refractivity contribution is -0.130. The number of piperidine rings is 1. The van der Waals surface area contributed by atoms with Gasteiger partial charge in [-0.3, -0.25) is 9.69 Å². The number of likely N-dealkylation sites (tertiary alicyclic amines) is 1. The number of carbonyl (C=O) groups is 1. The van der Waals surface area contributed by atoms with Crippen LogP contribution in [0.1, 0.15) is 18.4 Å². The van der Waals surface area contributed by atoms with E-state index < -0.39 is 0 Å². The first-order valence-electron chi connectivity index (χ1n) is 7.40. The lowest BCUT2D eigenvalue weighted by atomic mass is 10.0. The molecular weight excluding hydrogens is 269 g/mol. The van der Waals surface area contributed by atoms with E-state index in [0.717, 1.165) is 37.2 Å². The van der Waals surface area contributed by atoms with E-state index in [-0.39, 0.29) is 11.7 Å². The molecule has 0 aromatic heterocycles. The van der Waals surface area contributed by atoms with Crippen molar-refractivity contribution in [2.24, 2.45) is 0 Å². The van der Waals surface area contributed by atoms with Crippen LogP contribution in [0, 0.1) is 12.7 Å². The maximum Gasteiger partial charge on any atom is 0.236 e. The molecule has 0 aliphatic carbocycles. The normalized spacial score (nSPS) is 16.8. The number of likely N-dealkylation sites (N-methyl/N-ethyl adjacent to an activating group) is 1. The molecule has 0 unspecified atom stereocenters. The van der Waals surface area contributed by atoms with Crippen molar-refractivity contribution in [1.29, 1.82) is 0 Å². The van der Waals surface area contributed by atoms with Gasteiger partial charge in [-0.2, -0.15) is 0 Å². The second-order valence-electron chi connectivity index (χ2n) is 6.00. The molecule has 0 saturated carbocycles. The second-order valence-corrected chi connectivity index (χ2v) is 6.00. The average molecular weight is 293 g/mol. The van der Waals surface area contributed by atoms with Gasteiger partial charge in [0.1, 0.15) is 5.82 Å². The van der Waals surface area contributed by atoms with Crippen molar-refractivity contribution in [3.63, 3.8) is 0 Å². The van der Waals surface area contributed by atoms with Gasteiger partial charge in [-0.1, -0.05) is 0 Å². The van der Waals surface area contributed by atoms with Crippen molar-refractivity contribution in [1.82, 2.24) is 9.80 Å². The van der Waals surface area contributed by atoms with Crippen molar-refractivity contribution in [2.75, 3.05) is 39.0 Å². The molecule has 1 aliphatic heterocycles. The van der Waals surface area contributed by atoms with Gasteiger partial charge in [0.15, 0.2) is 0 Å². The lowest BCUT2D eigenvalue weighted by Gasteiger charge is -2.33. The molecular formula is C16H24FN3O. The zero-order valence-corrected chi connectivity index (χ0v) is 13.0. The summed E-state index contributed by atoms with van der Waals surface area (Å²) in [6, 6.07) is 5.37. The smallest absolute Gasteiger partial charge is 0.236 e. The second kappa shape index (κ2) is 6.89. The number of hydrogen-bond acceptors (Lipinski definition) is 3. The van der Waals surface area contributed by atoms with Gasteiger partial charge in [-0.05, 0) is 43.5 Å². The molecule has 1 aromatic rings. The Morgan fingerprint density at radius 3 is 2.57 bits per heavy atom. The molecule has 116 valence electrons. The predicted octanol–water partition coefficient (Wildman–Crippen LogP) is 2.10. The fourth-order valence-electron chi connectivity index (χ4n) is 2.62. The number of amides is 1. The summed E-state index contributed by atoms with van der Waals surface area (Å²) in [6.07, 6.45) is 1.94. The molecule has 2 rings (SSSR count). The third kappa shape index (κ3) is 4.70. The number of hydrogen-bond donors (Lipinski definition) is 1. The van der Waals surface area contributed by atoms with E-state index in [1.807, 2.05) is 13.0 Å². The third-order valence-electron chi connectivity index (χ3n) is 3.86. The zero-order chi connectivity index (χ0) is 15.4. The lowest BCUT2D eigenvalue weighted by Crippen LogP contribution is -2.43. The Balaban J connectivity index is 1.82. The topological polar surface area (TPSA) is 35.6 Å². The van der Waals surface area contributed by atoms with E-state index in [1.54, 1.807) is 19.0 Å². The van der Waals surface area contributed by atoms with Crippen LogP contribution in [0.5, 0.6) is 0 Å². The van der Waals surface area contributed by atoms with E-state index in [4.69, 9.17) is 0 Å². The monoisotopic (exact) mass is 293 g/mol. The Labute approximate surface area is 125 Å². The summed E-state index contributed by atoms with van der Waals surface area (Å²) in [7, 11) is 3.56. The molecule has 0 bridgehead atoms. The Morgan fingerprint density at radius 2 is 2.00 bits per heavy atom. The summed E-state index contributed by atoms with van der Waals surface area (Å²) in [5.41, 5.74) is 1.77. The summed E-state index contributed by atoms with van der Waals surface area (Å²) in [6.45, 7) is 4.17. The minimum Gasteiger partial charge on any atom is -0.382 e. The highest BCUT2D eigenvalue weighted by Gasteiger charge is 2.21. The van der Waals surface area contributed by atoms with Crippen molar-refractivity contribution < 1.29 is 9.18 Å². The van der Waals surface area contributed by atoms with Gasteiger partial charge in [-0.25, -0.2) is 4.39 Å². The van der Waals surface area contributed by atoms with E-state index >= 15 is 0 Å². The highest BCUT2D eigenvalue weighted by Crippen LogP contribution is 2.19. The molecule has 1 N–H and O–H groups in total. The van der Waals surface area contributed by atoms with Crippen LogP contribution in [0.2, 0.25) is 0 Å². The summed E-state index contributed by atoms with van der Waals surface area (Å²) in [4.78, 5) is 15.5. The molecule has 1 amide bonds. The van der Waals surface area contributed by atoms with Crippen molar-refractivity contribution in [2.45, 2.75) is 25.8 Å². The van der Waals surface area contributed by atoms with Gasteiger partial charge in [0.2, 0.25) is 5.91 Å². The largest absolute Gasteiger partial charge is 0.382 e. The van der Waals surface area contributed by atoms with Crippen LogP contribution < -0.4 is 5.32 Å². The highest BCUT2D eigenvalue weighted by atomic mass is 19.1. The van der Waals surface area contributed by atoms with Crippen LogP contribution in [-0.2, 0) is 4.79 Å². The summed E-state index contributed by atoms with van der Waals surface area (Å²) in [5.74, 6) is -0.0614. The molecule has 1 saturated heterocycles. The first-order valence-corrected chi connectivity index (χ1v) is 7.40. The fraction of sp³-hybridized carbons (Fsp3) is 0.562. The Morgan fingerprint density at radius 1 is 1.33 bits per heavy atom. The van der Waals surface area contributed by atoms with Crippen LogP contribution in [-0.4, -0.2) is 55.5 Å². The maximum atomic E-state index is 13.4. The van der Waals surface area contributed by atoms with Gasteiger partial charge in [0.05, 0.1) is 6.54 Å². The Hall–Kier alpha value is -1.62. The van der Waals surface area contributed by atoms with E-state index in [1.165, 1.54) is 12.1 Å².